The van der Waals surface area contributed by atoms with E-state index in [2.05, 4.69) is 17.2 Å². The van der Waals surface area contributed by atoms with E-state index in [1.807, 2.05) is 6.07 Å². The highest BCUT2D eigenvalue weighted by Crippen LogP contribution is 2.39. The molecule has 1 saturated heterocycles. The van der Waals surface area contributed by atoms with Gasteiger partial charge < -0.3 is 14.2 Å². The fourth-order valence-corrected chi connectivity index (χ4v) is 3.43. The van der Waals surface area contributed by atoms with Crippen LogP contribution in [-0.4, -0.2) is 43.1 Å². The number of nitrogens with zero attached hydrogens (tertiary/aromatic N) is 1. The minimum absolute atomic E-state index is 0.0535. The van der Waals surface area contributed by atoms with Crippen molar-refractivity contribution in [3.05, 3.63) is 30.1 Å². The van der Waals surface area contributed by atoms with Crippen molar-refractivity contribution in [2.45, 2.75) is 50.5 Å². The summed E-state index contributed by atoms with van der Waals surface area (Å²) in [7, 11) is 1.39. The average molecular weight is 334 g/mol. The van der Waals surface area contributed by atoms with Crippen molar-refractivity contribution in [3.8, 4) is 0 Å². The summed E-state index contributed by atoms with van der Waals surface area (Å²) in [6.07, 6.45) is 7.48. The summed E-state index contributed by atoms with van der Waals surface area (Å²) in [5, 5.41) is 3.24. The zero-order valence-corrected chi connectivity index (χ0v) is 14.4. The Labute approximate surface area is 142 Å². The number of nitrogens with one attached hydrogen (secondary N) is 1. The van der Waals surface area contributed by atoms with Crippen molar-refractivity contribution in [1.29, 1.82) is 0 Å². The lowest BCUT2D eigenvalue weighted by Gasteiger charge is -2.34. The molecule has 2 aliphatic rings. The Balaban J connectivity index is 1.57. The molecule has 1 aliphatic carbocycles. The first-order valence-corrected chi connectivity index (χ1v) is 8.65. The van der Waals surface area contributed by atoms with E-state index in [4.69, 9.17) is 14.2 Å². The molecule has 1 N–H and O–H groups in total. The van der Waals surface area contributed by atoms with Crippen molar-refractivity contribution < 1.29 is 19.0 Å². The molecule has 3 rings (SSSR count). The van der Waals surface area contributed by atoms with Gasteiger partial charge >= 0.3 is 5.97 Å². The van der Waals surface area contributed by atoms with Crippen molar-refractivity contribution in [3.63, 3.8) is 0 Å². The van der Waals surface area contributed by atoms with Crippen molar-refractivity contribution in [2.24, 2.45) is 5.92 Å². The lowest BCUT2D eigenvalue weighted by atomic mass is 9.86. The molecule has 1 aromatic heterocycles. The van der Waals surface area contributed by atoms with Gasteiger partial charge in [0.1, 0.15) is 6.04 Å². The fourth-order valence-electron chi connectivity index (χ4n) is 3.43. The Hall–Kier alpha value is -1.50. The quantitative estimate of drug-likeness (QED) is 0.833. The predicted octanol–water partition coefficient (Wildman–Crippen LogP) is 2.21. The Bertz CT molecular complexity index is 543. The molecule has 1 saturated carbocycles. The molecule has 2 heterocycles. The molecule has 0 bridgehead atoms. The van der Waals surface area contributed by atoms with Gasteiger partial charge in [-0.25, -0.2) is 4.79 Å². The van der Waals surface area contributed by atoms with E-state index in [1.54, 1.807) is 18.5 Å². The van der Waals surface area contributed by atoms with Gasteiger partial charge in [0, 0.05) is 31.8 Å². The maximum atomic E-state index is 12.1. The third-order valence-electron chi connectivity index (χ3n) is 4.95. The van der Waals surface area contributed by atoms with Gasteiger partial charge in [-0.2, -0.15) is 0 Å². The summed E-state index contributed by atoms with van der Waals surface area (Å²) in [6, 6.07) is 3.12. The van der Waals surface area contributed by atoms with Crippen LogP contribution in [0.25, 0.3) is 0 Å². The Morgan fingerprint density at radius 3 is 2.96 bits per heavy atom. The highest BCUT2D eigenvalue weighted by molar-refractivity contribution is 5.77. The second kappa shape index (κ2) is 7.59. The highest BCUT2D eigenvalue weighted by Gasteiger charge is 2.43. The molecule has 1 aromatic rings. The summed E-state index contributed by atoms with van der Waals surface area (Å²) < 4.78 is 17.1. The molecule has 24 heavy (non-hydrogen) atoms. The zero-order chi connectivity index (χ0) is 17.0. The Kier molecular flexibility index (Phi) is 5.48. The third kappa shape index (κ3) is 3.94. The van der Waals surface area contributed by atoms with Crippen molar-refractivity contribution in [2.75, 3.05) is 20.3 Å². The lowest BCUT2D eigenvalue weighted by Crippen LogP contribution is -2.39. The van der Waals surface area contributed by atoms with Crippen LogP contribution in [-0.2, 0) is 19.0 Å². The van der Waals surface area contributed by atoms with Crippen LogP contribution in [0.5, 0.6) is 0 Å². The molecule has 2 atom stereocenters. The first-order valence-electron chi connectivity index (χ1n) is 8.65. The van der Waals surface area contributed by atoms with E-state index in [9.17, 15) is 4.79 Å². The van der Waals surface area contributed by atoms with Crippen molar-refractivity contribution in [1.82, 2.24) is 10.3 Å². The van der Waals surface area contributed by atoms with Gasteiger partial charge in [-0.15, -0.1) is 0 Å². The second-order valence-electron chi connectivity index (χ2n) is 6.79. The largest absolute Gasteiger partial charge is 0.468 e. The molecule has 0 unspecified atom stereocenters. The topological polar surface area (TPSA) is 69.7 Å². The van der Waals surface area contributed by atoms with Crippen LogP contribution in [0.1, 0.15) is 44.2 Å². The van der Waals surface area contributed by atoms with Gasteiger partial charge in [0.25, 0.3) is 0 Å². The number of hydrogen-bond acceptors (Lipinski definition) is 6. The van der Waals surface area contributed by atoms with Crippen LogP contribution < -0.4 is 5.32 Å². The van der Waals surface area contributed by atoms with E-state index in [-0.39, 0.29) is 12.1 Å². The first-order chi connectivity index (χ1) is 11.6. The molecular formula is C18H26N2O4. The smallest absolute Gasteiger partial charge is 0.327 e. The van der Waals surface area contributed by atoms with Crippen LogP contribution in [0, 0.1) is 5.92 Å². The van der Waals surface area contributed by atoms with E-state index in [0.717, 1.165) is 37.2 Å². The van der Waals surface area contributed by atoms with Crippen molar-refractivity contribution >= 4 is 5.97 Å². The highest BCUT2D eigenvalue weighted by atomic mass is 16.7. The zero-order valence-electron chi connectivity index (χ0n) is 14.4. The number of aromatic nitrogens is 1. The maximum Gasteiger partial charge on any atom is 0.327 e. The SMILES string of the molecule is COC(=O)[C@@H](NC[C@@H]1COC2(CCC(C)CC2)O1)c1cccnc1. The number of rotatable bonds is 5. The van der Waals surface area contributed by atoms with E-state index >= 15 is 0 Å². The number of ether oxygens (including phenoxy) is 3. The van der Waals surface area contributed by atoms with Crippen LogP contribution in [0.2, 0.25) is 0 Å². The third-order valence-corrected chi connectivity index (χ3v) is 4.95. The van der Waals surface area contributed by atoms with Crippen LogP contribution >= 0.6 is 0 Å². The number of hydrogen-bond donors (Lipinski definition) is 1. The normalized spacial score (nSPS) is 31.1. The van der Waals surface area contributed by atoms with Gasteiger partial charge in [0.05, 0.1) is 19.8 Å². The number of esters is 1. The second-order valence-corrected chi connectivity index (χ2v) is 6.79. The lowest BCUT2D eigenvalue weighted by molar-refractivity contribution is -0.191. The molecule has 0 radical (unpaired) electrons. The Morgan fingerprint density at radius 2 is 2.29 bits per heavy atom. The minimum atomic E-state index is -0.546. The Morgan fingerprint density at radius 1 is 1.50 bits per heavy atom. The molecule has 132 valence electrons. The molecule has 0 aromatic carbocycles. The minimum Gasteiger partial charge on any atom is -0.468 e. The number of carbonyl (C=O) groups is 1. The molecule has 2 fully saturated rings. The summed E-state index contributed by atoms with van der Waals surface area (Å²) in [6.45, 7) is 3.37. The molecule has 6 heteroatoms. The van der Waals surface area contributed by atoms with E-state index in [1.165, 1.54) is 7.11 Å². The van der Waals surface area contributed by atoms with Gasteiger partial charge in [-0.1, -0.05) is 13.0 Å². The molecule has 1 aliphatic heterocycles. The standard InChI is InChI=1S/C18H26N2O4/c1-13-5-7-18(8-6-13)23-12-15(24-18)11-20-16(17(21)22-2)14-4-3-9-19-10-14/h3-4,9-10,13,15-16,20H,5-8,11-12H2,1-2H3/t13?,15-,16+,18?/m1/s1. The fraction of sp³-hybridized carbons (Fsp3) is 0.667. The molecule has 0 amide bonds. The number of carbonyl (C=O) groups excluding carboxylic acids is 1. The summed E-state index contributed by atoms with van der Waals surface area (Å²) in [5.41, 5.74) is 0.782. The first kappa shape index (κ1) is 17.3. The van der Waals surface area contributed by atoms with Gasteiger partial charge in [-0.05, 0) is 30.4 Å². The van der Waals surface area contributed by atoms with Crippen LogP contribution in [0.4, 0.5) is 0 Å². The van der Waals surface area contributed by atoms with Crippen LogP contribution in [0.15, 0.2) is 24.5 Å². The summed E-state index contributed by atoms with van der Waals surface area (Å²) >= 11 is 0. The van der Waals surface area contributed by atoms with Gasteiger partial charge in [-0.3, -0.25) is 10.3 Å². The van der Waals surface area contributed by atoms with Gasteiger partial charge in [0.15, 0.2) is 5.79 Å². The van der Waals surface area contributed by atoms with Crippen LogP contribution in [0.3, 0.4) is 0 Å². The summed E-state index contributed by atoms with van der Waals surface area (Å²) in [5.74, 6) is 0.00546. The predicted molar refractivity (Wildman–Crippen MR) is 88.2 cm³/mol. The monoisotopic (exact) mass is 334 g/mol. The average Bonchev–Trinajstić information content (AvgIpc) is 3.01. The van der Waals surface area contributed by atoms with E-state index in [0.29, 0.717) is 13.2 Å². The number of pyridine rings is 1. The summed E-state index contributed by atoms with van der Waals surface area (Å²) in [4.78, 5) is 16.1. The van der Waals surface area contributed by atoms with Gasteiger partial charge in [0.2, 0.25) is 0 Å². The molecular weight excluding hydrogens is 308 g/mol. The molecule has 6 nitrogen and oxygen atoms in total. The number of methoxy groups -OCH3 is 1. The molecule has 1 spiro atoms. The van der Waals surface area contributed by atoms with E-state index < -0.39 is 11.8 Å². The maximum absolute atomic E-state index is 12.1.